The monoisotopic (exact) mass is 388 g/mol. The summed E-state index contributed by atoms with van der Waals surface area (Å²) in [6, 6.07) is 7.97. The van der Waals surface area contributed by atoms with E-state index in [1.54, 1.807) is 0 Å². The molecule has 1 aromatic rings. The van der Waals surface area contributed by atoms with E-state index in [9.17, 15) is 9.59 Å². The third kappa shape index (κ3) is 4.92. The van der Waals surface area contributed by atoms with E-state index >= 15 is 0 Å². The summed E-state index contributed by atoms with van der Waals surface area (Å²) in [5, 5.41) is 3.89. The van der Waals surface area contributed by atoms with Crippen LogP contribution in [0.1, 0.15) is 51.5 Å². The normalized spacial score (nSPS) is 18.3. The molecular formula is C22H29ClN2O2. The molecule has 0 aromatic heterocycles. The molecule has 0 bridgehead atoms. The van der Waals surface area contributed by atoms with Crippen LogP contribution in [0.5, 0.6) is 0 Å². The fraction of sp³-hybridized carbons (Fsp3) is 0.545. The van der Waals surface area contributed by atoms with Crippen molar-refractivity contribution < 1.29 is 9.59 Å². The van der Waals surface area contributed by atoms with Crippen LogP contribution in [0, 0.1) is 5.41 Å². The number of nitrogens with zero attached hydrogens (tertiary/aromatic N) is 1. The van der Waals surface area contributed by atoms with E-state index in [0.717, 1.165) is 24.8 Å². The second-order valence-corrected chi connectivity index (χ2v) is 8.69. The molecule has 146 valence electrons. The number of likely N-dealkylation sites (tertiary alicyclic amines) is 1. The van der Waals surface area contributed by atoms with Crippen LogP contribution >= 0.6 is 11.6 Å². The Balaban J connectivity index is 1.64. The number of allylic oxidation sites excluding steroid dienone is 2. The van der Waals surface area contributed by atoms with Gasteiger partial charge in [0, 0.05) is 30.6 Å². The molecule has 2 aliphatic rings. The molecule has 1 aliphatic carbocycles. The van der Waals surface area contributed by atoms with Gasteiger partial charge in [0.25, 0.3) is 0 Å². The minimum absolute atomic E-state index is 0.0931. The smallest absolute Gasteiger partial charge is 0.230 e. The van der Waals surface area contributed by atoms with Gasteiger partial charge in [-0.25, -0.2) is 0 Å². The van der Waals surface area contributed by atoms with Crippen molar-refractivity contribution in [3.8, 4) is 0 Å². The van der Waals surface area contributed by atoms with E-state index in [1.165, 1.54) is 12.0 Å². The molecule has 5 heteroatoms. The van der Waals surface area contributed by atoms with Gasteiger partial charge < -0.3 is 10.2 Å². The molecule has 2 amide bonds. The van der Waals surface area contributed by atoms with E-state index in [1.807, 2.05) is 43.0 Å². The molecular weight excluding hydrogens is 360 g/mol. The van der Waals surface area contributed by atoms with Gasteiger partial charge in [0.05, 0.1) is 5.41 Å². The number of rotatable bonds is 7. The fourth-order valence-electron chi connectivity index (χ4n) is 3.72. The van der Waals surface area contributed by atoms with E-state index in [2.05, 4.69) is 11.4 Å². The highest BCUT2D eigenvalue weighted by Crippen LogP contribution is 2.36. The number of nitrogens with one attached hydrogen (secondary N) is 1. The first-order valence-electron chi connectivity index (χ1n) is 9.84. The van der Waals surface area contributed by atoms with Crippen LogP contribution in [-0.2, 0) is 16.0 Å². The molecule has 0 atom stereocenters. The van der Waals surface area contributed by atoms with Crippen LogP contribution in [-0.4, -0.2) is 35.8 Å². The van der Waals surface area contributed by atoms with Crippen molar-refractivity contribution in [3.63, 3.8) is 0 Å². The molecule has 4 nitrogen and oxygen atoms in total. The van der Waals surface area contributed by atoms with Gasteiger partial charge in [0.1, 0.15) is 0 Å². The molecule has 1 N–H and O–H groups in total. The van der Waals surface area contributed by atoms with Crippen LogP contribution in [0.4, 0.5) is 0 Å². The summed E-state index contributed by atoms with van der Waals surface area (Å²) in [5.41, 5.74) is 1.79. The first kappa shape index (κ1) is 19.9. The highest BCUT2D eigenvalue weighted by Gasteiger charge is 2.51. The van der Waals surface area contributed by atoms with Gasteiger partial charge in [-0.3, -0.25) is 9.59 Å². The molecule has 1 aliphatic heterocycles. The third-order valence-electron chi connectivity index (χ3n) is 5.63. The van der Waals surface area contributed by atoms with Gasteiger partial charge in [0.2, 0.25) is 11.8 Å². The van der Waals surface area contributed by atoms with Gasteiger partial charge in [0.15, 0.2) is 0 Å². The molecule has 3 rings (SSSR count). The van der Waals surface area contributed by atoms with Crippen LogP contribution in [0.3, 0.4) is 0 Å². The first-order chi connectivity index (χ1) is 12.9. The predicted octanol–water partition coefficient (Wildman–Crippen LogP) is 4.13. The van der Waals surface area contributed by atoms with Crippen LogP contribution < -0.4 is 5.32 Å². The summed E-state index contributed by atoms with van der Waals surface area (Å²) in [4.78, 5) is 27.3. The number of carbonyl (C=O) groups is 2. The van der Waals surface area contributed by atoms with Crippen molar-refractivity contribution in [1.82, 2.24) is 10.2 Å². The fourth-order valence-corrected chi connectivity index (χ4v) is 3.85. The second kappa shape index (κ2) is 8.47. The second-order valence-electron chi connectivity index (χ2n) is 8.25. The quantitative estimate of drug-likeness (QED) is 0.714. The Labute approximate surface area is 167 Å². The predicted molar refractivity (Wildman–Crippen MR) is 109 cm³/mol. The van der Waals surface area contributed by atoms with Crippen LogP contribution in [0.25, 0.3) is 0 Å². The number of hydrogen-bond acceptors (Lipinski definition) is 2. The lowest BCUT2D eigenvalue weighted by molar-refractivity contribution is -0.154. The Morgan fingerprint density at radius 1 is 1.22 bits per heavy atom. The third-order valence-corrected chi connectivity index (χ3v) is 5.88. The molecule has 27 heavy (non-hydrogen) atoms. The summed E-state index contributed by atoms with van der Waals surface area (Å²) in [6.45, 7) is 5.08. The van der Waals surface area contributed by atoms with Gasteiger partial charge >= 0.3 is 0 Å². The van der Waals surface area contributed by atoms with E-state index < -0.39 is 5.41 Å². The van der Waals surface area contributed by atoms with Gasteiger partial charge in [-0.05, 0) is 63.6 Å². The maximum atomic E-state index is 13.0. The minimum atomic E-state index is -0.518. The average Bonchev–Trinajstić information content (AvgIpc) is 2.55. The van der Waals surface area contributed by atoms with E-state index in [0.29, 0.717) is 37.0 Å². The first-order valence-corrected chi connectivity index (χ1v) is 10.2. The van der Waals surface area contributed by atoms with Gasteiger partial charge in [-0.2, -0.15) is 0 Å². The number of hydrogen-bond donors (Lipinski definition) is 1. The van der Waals surface area contributed by atoms with Gasteiger partial charge in [-0.1, -0.05) is 35.4 Å². The van der Waals surface area contributed by atoms with Crippen molar-refractivity contribution in [3.05, 3.63) is 46.5 Å². The largest absolute Gasteiger partial charge is 0.353 e. The lowest BCUT2D eigenvalue weighted by atomic mass is 9.73. The minimum Gasteiger partial charge on any atom is -0.353 e. The van der Waals surface area contributed by atoms with E-state index in [4.69, 9.17) is 11.6 Å². The Kier molecular flexibility index (Phi) is 6.25. The Morgan fingerprint density at radius 2 is 1.89 bits per heavy atom. The molecule has 1 saturated carbocycles. The summed E-state index contributed by atoms with van der Waals surface area (Å²) in [6.07, 6.45) is 7.30. The van der Waals surface area contributed by atoms with Crippen LogP contribution in [0.15, 0.2) is 35.9 Å². The number of carbonyl (C=O) groups excluding carboxylic acids is 2. The average molecular weight is 389 g/mol. The number of halogens is 1. The van der Waals surface area contributed by atoms with Crippen molar-refractivity contribution in [2.45, 2.75) is 58.4 Å². The number of benzene rings is 1. The molecule has 2 fully saturated rings. The maximum absolute atomic E-state index is 13.0. The molecule has 0 unspecified atom stereocenters. The highest BCUT2D eigenvalue weighted by atomic mass is 35.5. The summed E-state index contributed by atoms with van der Waals surface area (Å²) in [7, 11) is 0. The zero-order valence-electron chi connectivity index (χ0n) is 16.3. The van der Waals surface area contributed by atoms with Crippen molar-refractivity contribution in [2.75, 3.05) is 13.1 Å². The van der Waals surface area contributed by atoms with Gasteiger partial charge in [-0.15, -0.1) is 0 Å². The van der Waals surface area contributed by atoms with E-state index in [-0.39, 0.29) is 11.8 Å². The Morgan fingerprint density at radius 3 is 2.44 bits per heavy atom. The molecule has 1 saturated heterocycles. The van der Waals surface area contributed by atoms with Crippen molar-refractivity contribution in [1.29, 1.82) is 0 Å². The summed E-state index contributed by atoms with van der Waals surface area (Å²) >= 11 is 5.99. The SMILES string of the molecule is CC(C)=CCCC(=O)N1CC(Cc2ccc(Cl)cc2)(C(=O)NC2CCC2)C1. The van der Waals surface area contributed by atoms with Crippen molar-refractivity contribution >= 4 is 23.4 Å². The zero-order valence-corrected chi connectivity index (χ0v) is 17.0. The molecule has 0 spiro atoms. The molecule has 0 radical (unpaired) electrons. The maximum Gasteiger partial charge on any atom is 0.230 e. The summed E-state index contributed by atoms with van der Waals surface area (Å²) in [5.74, 6) is 0.228. The number of amides is 2. The molecule has 1 aromatic carbocycles. The van der Waals surface area contributed by atoms with Crippen LogP contribution in [0.2, 0.25) is 5.02 Å². The topological polar surface area (TPSA) is 49.4 Å². The molecule has 1 heterocycles. The summed E-state index contributed by atoms with van der Waals surface area (Å²) < 4.78 is 0. The van der Waals surface area contributed by atoms with Crippen molar-refractivity contribution in [2.24, 2.45) is 5.41 Å². The highest BCUT2D eigenvalue weighted by molar-refractivity contribution is 6.30. The Bertz CT molecular complexity index is 712. The lowest BCUT2D eigenvalue weighted by Gasteiger charge is -2.50. The standard InChI is InChI=1S/C22H29ClN2O2/c1-16(2)5-3-8-20(26)25-14-22(15-25,21(27)24-19-6-4-7-19)13-17-9-11-18(23)12-10-17/h5,9-12,19H,3-4,6-8,13-15H2,1-2H3,(H,24,27). The zero-order chi connectivity index (χ0) is 19.4. The lowest BCUT2D eigenvalue weighted by Crippen LogP contribution is -2.66. The Hall–Kier alpha value is -1.81.